The van der Waals surface area contributed by atoms with Crippen molar-refractivity contribution in [2.75, 3.05) is 6.61 Å². The standard InChI is InChI=1S/C18H18O4S/c1-12-7-9-14(10-8-12)23(20)18-16(13-5-3-2-4-6-13)21-15(11-19)17(18)22-18/h2-10,15-17,19H,11H2,1H3/t15-,16+,17-,18-,23+/m1/s1. The summed E-state index contributed by atoms with van der Waals surface area (Å²) in [5.41, 5.74) is 2.04. The van der Waals surface area contributed by atoms with Crippen molar-refractivity contribution >= 4 is 10.8 Å². The Morgan fingerprint density at radius 3 is 2.48 bits per heavy atom. The van der Waals surface area contributed by atoms with E-state index in [9.17, 15) is 9.32 Å². The van der Waals surface area contributed by atoms with Crippen molar-refractivity contribution in [2.24, 2.45) is 0 Å². The fourth-order valence-corrected chi connectivity index (χ4v) is 4.91. The van der Waals surface area contributed by atoms with Crippen LogP contribution in [0.3, 0.4) is 0 Å². The number of hydrogen-bond donors (Lipinski definition) is 1. The molecule has 2 aliphatic rings. The van der Waals surface area contributed by atoms with Gasteiger partial charge >= 0.3 is 0 Å². The maximum absolute atomic E-state index is 13.2. The lowest BCUT2D eigenvalue weighted by atomic mass is 10.1. The van der Waals surface area contributed by atoms with Crippen LogP contribution in [0.2, 0.25) is 0 Å². The number of epoxide rings is 1. The van der Waals surface area contributed by atoms with Crippen LogP contribution in [0.5, 0.6) is 0 Å². The zero-order chi connectivity index (χ0) is 16.0. The van der Waals surface area contributed by atoms with Gasteiger partial charge in [0.05, 0.1) is 17.4 Å². The van der Waals surface area contributed by atoms with Gasteiger partial charge in [0, 0.05) is 4.90 Å². The average Bonchev–Trinajstić information content (AvgIpc) is 3.25. The van der Waals surface area contributed by atoms with E-state index in [4.69, 9.17) is 9.47 Å². The summed E-state index contributed by atoms with van der Waals surface area (Å²) >= 11 is 0. The van der Waals surface area contributed by atoms with Crippen LogP contribution in [0.4, 0.5) is 0 Å². The number of hydrogen-bond acceptors (Lipinski definition) is 4. The van der Waals surface area contributed by atoms with Crippen molar-refractivity contribution in [1.29, 1.82) is 0 Å². The summed E-state index contributed by atoms with van der Waals surface area (Å²) in [6, 6.07) is 17.3. The van der Waals surface area contributed by atoms with Crippen LogP contribution < -0.4 is 0 Å². The Hall–Kier alpha value is -1.53. The predicted octanol–water partition coefficient (Wildman–Crippen LogP) is 2.33. The number of aliphatic hydroxyl groups excluding tert-OH is 1. The molecule has 5 atom stereocenters. The van der Waals surface area contributed by atoms with Crippen molar-refractivity contribution in [3.63, 3.8) is 0 Å². The second-order valence-electron chi connectivity index (χ2n) is 5.99. The Morgan fingerprint density at radius 1 is 1.13 bits per heavy atom. The van der Waals surface area contributed by atoms with E-state index in [1.165, 1.54) is 0 Å². The van der Waals surface area contributed by atoms with Gasteiger partial charge in [0.15, 0.2) is 0 Å². The van der Waals surface area contributed by atoms with E-state index in [0.29, 0.717) is 0 Å². The highest BCUT2D eigenvalue weighted by atomic mass is 32.2. The molecule has 0 unspecified atom stereocenters. The van der Waals surface area contributed by atoms with Gasteiger partial charge in [0.1, 0.15) is 18.3 Å². The third kappa shape index (κ3) is 2.27. The van der Waals surface area contributed by atoms with E-state index in [0.717, 1.165) is 16.0 Å². The number of rotatable bonds is 4. The Morgan fingerprint density at radius 2 is 1.83 bits per heavy atom. The molecule has 2 heterocycles. The summed E-state index contributed by atoms with van der Waals surface area (Å²) in [6.45, 7) is 1.86. The average molecular weight is 330 g/mol. The van der Waals surface area contributed by atoms with Gasteiger partial charge in [-0.25, -0.2) is 0 Å². The summed E-state index contributed by atoms with van der Waals surface area (Å²) in [6.07, 6.45) is -1.21. The monoisotopic (exact) mass is 330 g/mol. The quantitative estimate of drug-likeness (QED) is 0.874. The number of benzene rings is 2. The molecule has 0 saturated carbocycles. The third-order valence-corrected chi connectivity index (χ3v) is 6.29. The van der Waals surface area contributed by atoms with Crippen LogP contribution in [-0.4, -0.2) is 33.1 Å². The highest BCUT2D eigenvalue weighted by Crippen LogP contribution is 2.60. The molecule has 1 N–H and O–H groups in total. The Kier molecular flexibility index (Phi) is 3.61. The molecule has 2 fully saturated rings. The highest BCUT2D eigenvalue weighted by Gasteiger charge is 2.75. The molecule has 0 bridgehead atoms. The van der Waals surface area contributed by atoms with Crippen molar-refractivity contribution in [3.8, 4) is 0 Å². The summed E-state index contributed by atoms with van der Waals surface area (Å²) in [5, 5.41) is 9.53. The second-order valence-corrected chi connectivity index (χ2v) is 7.64. The normalized spacial score (nSPS) is 33.2. The van der Waals surface area contributed by atoms with Gasteiger partial charge in [-0.05, 0) is 24.6 Å². The number of ether oxygens (including phenoxy) is 2. The third-order valence-electron chi connectivity index (χ3n) is 4.47. The van der Waals surface area contributed by atoms with E-state index >= 15 is 0 Å². The zero-order valence-electron chi connectivity index (χ0n) is 12.7. The molecule has 2 aromatic rings. The topological polar surface area (TPSA) is 59.1 Å². The molecule has 0 spiro atoms. The summed E-state index contributed by atoms with van der Waals surface area (Å²) in [7, 11) is -1.37. The molecule has 4 rings (SSSR count). The van der Waals surface area contributed by atoms with Crippen LogP contribution in [0.1, 0.15) is 17.2 Å². The maximum atomic E-state index is 13.2. The number of aliphatic hydroxyl groups is 1. The molecule has 0 aromatic heterocycles. The van der Waals surface area contributed by atoms with E-state index in [1.807, 2.05) is 61.5 Å². The Bertz CT molecular complexity index is 730. The second kappa shape index (κ2) is 5.53. The molecule has 4 nitrogen and oxygen atoms in total. The Balaban J connectivity index is 1.73. The van der Waals surface area contributed by atoms with Crippen LogP contribution in [0.15, 0.2) is 59.5 Å². The molecular formula is C18H18O4S. The van der Waals surface area contributed by atoms with Gasteiger partial charge in [-0.15, -0.1) is 0 Å². The first kappa shape index (κ1) is 15.0. The molecular weight excluding hydrogens is 312 g/mol. The van der Waals surface area contributed by atoms with Gasteiger partial charge in [0.25, 0.3) is 0 Å². The summed E-state index contributed by atoms with van der Waals surface area (Å²) in [4.78, 5) is -0.175. The smallest absolute Gasteiger partial charge is 0.206 e. The fourth-order valence-electron chi connectivity index (χ4n) is 3.22. The van der Waals surface area contributed by atoms with Gasteiger partial charge in [-0.1, -0.05) is 48.0 Å². The SMILES string of the molecule is Cc1ccc([S@](=O)[C@@]23O[C@@H]2[C@@H](CO)O[C@H]3c2ccccc2)cc1. The minimum absolute atomic E-state index is 0.138. The van der Waals surface area contributed by atoms with Gasteiger partial charge in [0.2, 0.25) is 4.93 Å². The molecule has 2 aliphatic heterocycles. The summed E-state index contributed by atoms with van der Waals surface area (Å²) < 4.78 is 25.0. The van der Waals surface area contributed by atoms with Crippen LogP contribution in [0, 0.1) is 6.92 Å². The lowest BCUT2D eigenvalue weighted by Gasteiger charge is -2.21. The minimum Gasteiger partial charge on any atom is -0.394 e. The Labute approximate surface area is 137 Å². The van der Waals surface area contributed by atoms with Gasteiger partial charge in [-0.2, -0.15) is 0 Å². The number of fused-ring (bicyclic) bond motifs is 1. The van der Waals surface area contributed by atoms with Gasteiger partial charge < -0.3 is 14.6 Å². The molecule has 0 amide bonds. The largest absolute Gasteiger partial charge is 0.394 e. The zero-order valence-corrected chi connectivity index (χ0v) is 13.5. The van der Waals surface area contributed by atoms with Crippen LogP contribution in [0.25, 0.3) is 0 Å². The molecule has 2 saturated heterocycles. The van der Waals surface area contributed by atoms with Gasteiger partial charge in [-0.3, -0.25) is 4.21 Å². The molecule has 0 radical (unpaired) electrons. The first-order valence-corrected chi connectivity index (χ1v) is 8.79. The van der Waals surface area contributed by atoms with Crippen molar-refractivity contribution in [2.45, 2.75) is 35.1 Å². The predicted molar refractivity (Wildman–Crippen MR) is 86.3 cm³/mol. The molecule has 120 valence electrons. The molecule has 2 aromatic carbocycles. The molecule has 5 heteroatoms. The summed E-state index contributed by atoms with van der Waals surface area (Å²) in [5.74, 6) is 0. The first-order valence-electron chi connectivity index (χ1n) is 7.64. The van der Waals surface area contributed by atoms with E-state index in [-0.39, 0.29) is 12.7 Å². The van der Waals surface area contributed by atoms with E-state index in [1.54, 1.807) is 0 Å². The first-order chi connectivity index (χ1) is 11.2. The number of aryl methyl sites for hydroxylation is 1. The van der Waals surface area contributed by atoms with Crippen molar-refractivity contribution < 1.29 is 18.8 Å². The van der Waals surface area contributed by atoms with E-state index < -0.39 is 27.9 Å². The highest BCUT2D eigenvalue weighted by molar-refractivity contribution is 7.86. The lowest BCUT2D eigenvalue weighted by Crippen LogP contribution is -2.27. The maximum Gasteiger partial charge on any atom is 0.206 e. The molecule has 23 heavy (non-hydrogen) atoms. The minimum atomic E-state index is -1.37. The fraction of sp³-hybridized carbons (Fsp3) is 0.333. The molecule has 0 aliphatic carbocycles. The van der Waals surface area contributed by atoms with Crippen LogP contribution in [-0.2, 0) is 20.3 Å². The lowest BCUT2D eigenvalue weighted by molar-refractivity contribution is -0.0583. The van der Waals surface area contributed by atoms with Crippen LogP contribution >= 0.6 is 0 Å². The van der Waals surface area contributed by atoms with E-state index in [2.05, 4.69) is 0 Å². The van der Waals surface area contributed by atoms with Crippen molar-refractivity contribution in [3.05, 3.63) is 65.7 Å². The van der Waals surface area contributed by atoms with Crippen molar-refractivity contribution in [1.82, 2.24) is 0 Å².